The van der Waals surface area contributed by atoms with Gasteiger partial charge in [0, 0.05) is 12.5 Å². The molecule has 1 aromatic carbocycles. The molecule has 0 amide bonds. The molecule has 0 saturated carbocycles. The van der Waals surface area contributed by atoms with Crippen LogP contribution >= 0.6 is 0 Å². The summed E-state index contributed by atoms with van der Waals surface area (Å²) >= 11 is 0. The topological polar surface area (TPSA) is 35.2 Å². The highest BCUT2D eigenvalue weighted by atomic mass is 16.5. The van der Waals surface area contributed by atoms with E-state index in [1.807, 2.05) is 32.0 Å². The Kier molecular flexibility index (Phi) is 5.45. The van der Waals surface area contributed by atoms with Crippen LogP contribution in [0.3, 0.4) is 0 Å². The summed E-state index contributed by atoms with van der Waals surface area (Å²) in [6, 6.07) is 8.26. The van der Waals surface area contributed by atoms with Crippen LogP contribution in [-0.2, 0) is 6.42 Å². The van der Waals surface area contributed by atoms with Crippen LogP contribution in [0.15, 0.2) is 24.3 Å². The number of hydrogen-bond acceptors (Lipinski definition) is 2. The molecule has 0 radical (unpaired) electrons. The molecule has 0 fully saturated rings. The molecule has 0 spiro atoms. The smallest absolute Gasteiger partial charge is 0.119 e. The lowest BCUT2D eigenvalue weighted by atomic mass is 10.1. The van der Waals surface area contributed by atoms with Crippen LogP contribution in [0.25, 0.3) is 0 Å². The van der Waals surface area contributed by atoms with Crippen molar-refractivity contribution >= 4 is 0 Å². The van der Waals surface area contributed by atoms with E-state index in [0.29, 0.717) is 6.61 Å². The van der Waals surface area contributed by atoms with E-state index in [-0.39, 0.29) is 6.04 Å². The summed E-state index contributed by atoms with van der Waals surface area (Å²) in [5, 5.41) is 0. The maximum absolute atomic E-state index is 5.76. The Hall–Kier alpha value is -1.46. The third kappa shape index (κ3) is 4.86. The molecule has 1 atom stereocenters. The molecular weight excluding hydrogens is 198 g/mol. The fourth-order valence-electron chi connectivity index (χ4n) is 1.48. The Morgan fingerprint density at radius 3 is 2.94 bits per heavy atom. The van der Waals surface area contributed by atoms with Gasteiger partial charge in [-0.3, -0.25) is 0 Å². The number of benzene rings is 1. The Labute approximate surface area is 97.8 Å². The summed E-state index contributed by atoms with van der Waals surface area (Å²) in [5.74, 6) is 6.71. The van der Waals surface area contributed by atoms with Crippen molar-refractivity contribution in [3.8, 4) is 17.6 Å². The zero-order valence-electron chi connectivity index (χ0n) is 9.99. The van der Waals surface area contributed by atoms with E-state index in [1.165, 1.54) is 5.56 Å². The Morgan fingerprint density at radius 1 is 1.44 bits per heavy atom. The van der Waals surface area contributed by atoms with Crippen molar-refractivity contribution in [2.24, 2.45) is 5.73 Å². The molecule has 0 saturated heterocycles. The monoisotopic (exact) mass is 217 g/mol. The number of nitrogens with two attached hydrogens (primary N) is 1. The second-order valence-corrected chi connectivity index (χ2v) is 3.85. The normalized spacial score (nSPS) is 11.4. The quantitative estimate of drug-likeness (QED) is 0.607. The van der Waals surface area contributed by atoms with Gasteiger partial charge >= 0.3 is 0 Å². The third-order valence-electron chi connectivity index (χ3n) is 2.13. The van der Waals surface area contributed by atoms with E-state index < -0.39 is 0 Å². The molecule has 0 heterocycles. The average Bonchev–Trinajstić information content (AvgIpc) is 2.24. The van der Waals surface area contributed by atoms with E-state index in [1.54, 1.807) is 0 Å². The molecule has 0 bridgehead atoms. The summed E-state index contributed by atoms with van der Waals surface area (Å²) in [4.78, 5) is 0. The molecule has 0 aliphatic heterocycles. The number of rotatable bonds is 5. The lowest BCUT2D eigenvalue weighted by molar-refractivity contribution is 0.327. The minimum atomic E-state index is 0.182. The minimum absolute atomic E-state index is 0.182. The van der Waals surface area contributed by atoms with Gasteiger partial charge in [-0.05, 0) is 38.0 Å². The van der Waals surface area contributed by atoms with Crippen LogP contribution in [-0.4, -0.2) is 12.6 Å². The van der Waals surface area contributed by atoms with Gasteiger partial charge in [0.15, 0.2) is 0 Å². The highest BCUT2D eigenvalue weighted by Crippen LogP contribution is 2.14. The standard InChI is InChI=1S/C14H19NO/c1-3-4-5-9-16-14-8-6-7-13(11-14)10-12(2)15/h6-8,11-12H,5,9-10,15H2,1-2H3. The predicted octanol–water partition coefficient (Wildman–Crippen LogP) is 2.37. The Balaban J connectivity index is 2.49. The molecule has 0 aromatic heterocycles. The number of ether oxygens (including phenoxy) is 1. The summed E-state index contributed by atoms with van der Waals surface area (Å²) in [6.45, 7) is 4.48. The molecule has 2 nitrogen and oxygen atoms in total. The van der Waals surface area contributed by atoms with Crippen molar-refractivity contribution in [3.05, 3.63) is 29.8 Å². The van der Waals surface area contributed by atoms with Crippen molar-refractivity contribution in [1.82, 2.24) is 0 Å². The Morgan fingerprint density at radius 2 is 2.25 bits per heavy atom. The van der Waals surface area contributed by atoms with Crippen molar-refractivity contribution in [1.29, 1.82) is 0 Å². The van der Waals surface area contributed by atoms with Gasteiger partial charge in [-0.2, -0.15) is 0 Å². The van der Waals surface area contributed by atoms with Crippen LogP contribution in [0.1, 0.15) is 25.8 Å². The van der Waals surface area contributed by atoms with Crippen molar-refractivity contribution in [3.63, 3.8) is 0 Å². The first-order valence-electron chi connectivity index (χ1n) is 5.59. The van der Waals surface area contributed by atoms with Crippen molar-refractivity contribution in [2.45, 2.75) is 32.7 Å². The molecular formula is C14H19NO. The molecule has 1 aromatic rings. The van der Waals surface area contributed by atoms with Gasteiger partial charge < -0.3 is 10.5 Å². The second-order valence-electron chi connectivity index (χ2n) is 3.85. The van der Waals surface area contributed by atoms with E-state index in [9.17, 15) is 0 Å². The van der Waals surface area contributed by atoms with Gasteiger partial charge in [0.05, 0.1) is 6.61 Å². The molecule has 0 aliphatic rings. The van der Waals surface area contributed by atoms with E-state index in [4.69, 9.17) is 10.5 Å². The first-order chi connectivity index (χ1) is 7.72. The van der Waals surface area contributed by atoms with Crippen LogP contribution < -0.4 is 10.5 Å². The number of hydrogen-bond donors (Lipinski definition) is 1. The lowest BCUT2D eigenvalue weighted by Gasteiger charge is -2.08. The molecule has 16 heavy (non-hydrogen) atoms. The van der Waals surface area contributed by atoms with Crippen LogP contribution in [0.5, 0.6) is 5.75 Å². The molecule has 0 aliphatic carbocycles. The maximum atomic E-state index is 5.76. The summed E-state index contributed by atoms with van der Waals surface area (Å²) in [6.07, 6.45) is 1.65. The van der Waals surface area contributed by atoms with Gasteiger partial charge in [-0.25, -0.2) is 0 Å². The van der Waals surface area contributed by atoms with Gasteiger partial charge in [0.1, 0.15) is 5.75 Å². The average molecular weight is 217 g/mol. The zero-order valence-corrected chi connectivity index (χ0v) is 9.99. The lowest BCUT2D eigenvalue weighted by Crippen LogP contribution is -2.17. The Bertz CT molecular complexity index is 374. The first-order valence-corrected chi connectivity index (χ1v) is 5.59. The molecule has 1 unspecified atom stereocenters. The molecule has 2 heteroatoms. The van der Waals surface area contributed by atoms with Gasteiger partial charge in [0.25, 0.3) is 0 Å². The van der Waals surface area contributed by atoms with E-state index in [2.05, 4.69) is 17.9 Å². The summed E-state index contributed by atoms with van der Waals surface area (Å²) in [7, 11) is 0. The molecule has 86 valence electrons. The van der Waals surface area contributed by atoms with E-state index in [0.717, 1.165) is 18.6 Å². The molecule has 2 N–H and O–H groups in total. The predicted molar refractivity (Wildman–Crippen MR) is 67.4 cm³/mol. The third-order valence-corrected chi connectivity index (χ3v) is 2.13. The van der Waals surface area contributed by atoms with Crippen LogP contribution in [0.2, 0.25) is 0 Å². The van der Waals surface area contributed by atoms with Gasteiger partial charge in [-0.15, -0.1) is 11.8 Å². The highest BCUT2D eigenvalue weighted by molar-refractivity contribution is 5.29. The summed E-state index contributed by atoms with van der Waals surface area (Å²) < 4.78 is 5.59. The zero-order chi connectivity index (χ0) is 11.8. The van der Waals surface area contributed by atoms with Crippen molar-refractivity contribution in [2.75, 3.05) is 6.61 Å². The fourth-order valence-corrected chi connectivity index (χ4v) is 1.48. The van der Waals surface area contributed by atoms with E-state index >= 15 is 0 Å². The largest absolute Gasteiger partial charge is 0.493 e. The maximum Gasteiger partial charge on any atom is 0.119 e. The SMILES string of the molecule is CC#CCCOc1cccc(CC(C)N)c1. The minimum Gasteiger partial charge on any atom is -0.493 e. The second kappa shape index (κ2) is 6.92. The van der Waals surface area contributed by atoms with Crippen molar-refractivity contribution < 1.29 is 4.74 Å². The van der Waals surface area contributed by atoms with Gasteiger partial charge in [-0.1, -0.05) is 12.1 Å². The van der Waals surface area contributed by atoms with Gasteiger partial charge in [0.2, 0.25) is 0 Å². The first kappa shape index (κ1) is 12.6. The molecule has 1 rings (SSSR count). The highest BCUT2D eigenvalue weighted by Gasteiger charge is 1.99. The summed E-state index contributed by atoms with van der Waals surface area (Å²) in [5.41, 5.74) is 6.97. The van der Waals surface area contributed by atoms with Crippen LogP contribution in [0, 0.1) is 11.8 Å². The fraction of sp³-hybridized carbons (Fsp3) is 0.429. The van der Waals surface area contributed by atoms with Crippen LogP contribution in [0.4, 0.5) is 0 Å².